The molecule has 0 saturated carbocycles. The molecule has 0 aliphatic carbocycles. The third-order valence-corrected chi connectivity index (χ3v) is 5.33. The summed E-state index contributed by atoms with van der Waals surface area (Å²) in [5, 5.41) is 19.9. The van der Waals surface area contributed by atoms with Crippen LogP contribution >= 0.6 is 25.3 Å². The summed E-state index contributed by atoms with van der Waals surface area (Å²) in [7, 11) is 0. The summed E-state index contributed by atoms with van der Waals surface area (Å²) in [5.41, 5.74) is 0.535. The number of carbonyl (C=O) groups excluding carboxylic acids is 3. The van der Waals surface area contributed by atoms with Crippen molar-refractivity contribution >= 4 is 48.9 Å². The molecule has 4 unspecified atom stereocenters. The number of aromatic nitrogens is 2. The zero-order valence-corrected chi connectivity index (χ0v) is 17.9. The fraction of sp³-hybridized carbons (Fsp3) is 0.588. The maximum Gasteiger partial charge on any atom is 0.326 e. The highest BCUT2D eigenvalue weighted by Crippen LogP contribution is 2.06. The molecule has 1 aromatic rings. The molecule has 0 spiro atoms. The van der Waals surface area contributed by atoms with Crippen molar-refractivity contribution in [1.29, 1.82) is 0 Å². The summed E-state index contributed by atoms with van der Waals surface area (Å²) >= 11 is 8.18. The van der Waals surface area contributed by atoms with Crippen LogP contribution in [0.5, 0.6) is 0 Å². The van der Waals surface area contributed by atoms with Crippen LogP contribution in [-0.4, -0.2) is 81.0 Å². The van der Waals surface area contributed by atoms with E-state index in [0.717, 1.165) is 13.0 Å². The molecule has 2 rings (SSSR count). The van der Waals surface area contributed by atoms with Crippen LogP contribution in [0.25, 0.3) is 0 Å². The molecule has 1 aliphatic rings. The van der Waals surface area contributed by atoms with Crippen molar-refractivity contribution in [2.75, 3.05) is 18.1 Å². The SMILES string of the molecule is O=C(O)C(Cc1cnc[nH]1)NC(=O)C(CS)NC(=O)C(CS)NC(=O)C1CCCN1. The molecule has 3 amide bonds. The summed E-state index contributed by atoms with van der Waals surface area (Å²) in [6.07, 6.45) is 4.42. The molecule has 6 N–H and O–H groups in total. The minimum absolute atomic E-state index is 0.00196. The zero-order valence-electron chi connectivity index (χ0n) is 16.1. The van der Waals surface area contributed by atoms with E-state index in [1.807, 2.05) is 0 Å². The van der Waals surface area contributed by atoms with Gasteiger partial charge in [-0.1, -0.05) is 0 Å². The maximum absolute atomic E-state index is 12.5. The minimum atomic E-state index is -1.23. The Morgan fingerprint density at radius 2 is 1.73 bits per heavy atom. The second kappa shape index (κ2) is 11.8. The van der Waals surface area contributed by atoms with Crippen molar-refractivity contribution in [2.24, 2.45) is 0 Å². The van der Waals surface area contributed by atoms with Crippen LogP contribution in [0.1, 0.15) is 18.5 Å². The van der Waals surface area contributed by atoms with Crippen molar-refractivity contribution in [2.45, 2.75) is 43.4 Å². The topological polar surface area (TPSA) is 165 Å². The Balaban J connectivity index is 1.93. The number of hydrogen-bond acceptors (Lipinski definition) is 8. The number of aromatic amines is 1. The summed E-state index contributed by atoms with van der Waals surface area (Å²) in [5.74, 6) is -2.88. The average Bonchev–Trinajstić information content (AvgIpc) is 3.43. The Kier molecular flexibility index (Phi) is 9.46. The predicted octanol–water partition coefficient (Wildman–Crippen LogP) is -1.90. The summed E-state index contributed by atoms with van der Waals surface area (Å²) in [6, 6.07) is -3.61. The molecule has 30 heavy (non-hydrogen) atoms. The second-order valence-electron chi connectivity index (χ2n) is 6.82. The minimum Gasteiger partial charge on any atom is -0.480 e. The largest absolute Gasteiger partial charge is 0.480 e. The first kappa shape index (κ1) is 24.0. The average molecular weight is 459 g/mol. The molecular weight excluding hydrogens is 432 g/mol. The van der Waals surface area contributed by atoms with Crippen molar-refractivity contribution in [1.82, 2.24) is 31.2 Å². The molecular formula is C17H26N6O5S2. The Bertz CT molecular complexity index is 741. The van der Waals surface area contributed by atoms with E-state index >= 15 is 0 Å². The van der Waals surface area contributed by atoms with Gasteiger partial charge in [0.25, 0.3) is 0 Å². The van der Waals surface area contributed by atoms with Crippen LogP contribution in [0.4, 0.5) is 0 Å². The lowest BCUT2D eigenvalue weighted by Crippen LogP contribution is -2.58. The first-order valence-electron chi connectivity index (χ1n) is 9.42. The number of amides is 3. The van der Waals surface area contributed by atoms with E-state index in [-0.39, 0.29) is 29.9 Å². The molecule has 1 aromatic heterocycles. The molecule has 13 heteroatoms. The number of hydrogen-bond donors (Lipinski definition) is 8. The number of nitrogens with zero attached hydrogens (tertiary/aromatic N) is 1. The van der Waals surface area contributed by atoms with Gasteiger partial charge < -0.3 is 31.4 Å². The van der Waals surface area contributed by atoms with E-state index in [2.05, 4.69) is 56.5 Å². The molecule has 166 valence electrons. The van der Waals surface area contributed by atoms with Gasteiger partial charge in [-0.3, -0.25) is 14.4 Å². The van der Waals surface area contributed by atoms with Gasteiger partial charge in [0, 0.05) is 29.8 Å². The van der Waals surface area contributed by atoms with Gasteiger partial charge in [-0.2, -0.15) is 25.3 Å². The number of H-pyrrole nitrogens is 1. The molecule has 4 atom stereocenters. The van der Waals surface area contributed by atoms with E-state index < -0.39 is 35.9 Å². The van der Waals surface area contributed by atoms with Crippen LogP contribution in [0.15, 0.2) is 12.5 Å². The van der Waals surface area contributed by atoms with Gasteiger partial charge in [-0.15, -0.1) is 0 Å². The van der Waals surface area contributed by atoms with Crippen molar-refractivity contribution in [3.05, 3.63) is 18.2 Å². The second-order valence-corrected chi connectivity index (χ2v) is 7.55. The summed E-state index contributed by atoms with van der Waals surface area (Å²) in [6.45, 7) is 0.737. The lowest BCUT2D eigenvalue weighted by Gasteiger charge is -2.23. The van der Waals surface area contributed by atoms with Crippen LogP contribution < -0.4 is 21.3 Å². The van der Waals surface area contributed by atoms with E-state index in [0.29, 0.717) is 12.1 Å². The van der Waals surface area contributed by atoms with Gasteiger partial charge in [0.15, 0.2) is 0 Å². The highest BCUT2D eigenvalue weighted by molar-refractivity contribution is 7.80. The number of carbonyl (C=O) groups is 4. The summed E-state index contributed by atoms with van der Waals surface area (Å²) < 4.78 is 0. The van der Waals surface area contributed by atoms with E-state index in [1.54, 1.807) is 0 Å². The number of carboxylic acids is 1. The smallest absolute Gasteiger partial charge is 0.326 e. The normalized spacial score (nSPS) is 18.8. The zero-order chi connectivity index (χ0) is 22.1. The highest BCUT2D eigenvalue weighted by Gasteiger charge is 2.30. The van der Waals surface area contributed by atoms with Gasteiger partial charge in [-0.25, -0.2) is 9.78 Å². The van der Waals surface area contributed by atoms with Crippen molar-refractivity contribution < 1.29 is 24.3 Å². The standard InChI is InChI=1S/C17H26N6O5S2/c24-14(10-2-1-3-19-10)22-13(7-30)16(26)23-12(6-29)15(25)21-11(17(27)28)4-9-5-18-8-20-9/h5,8,10-13,19,29-30H,1-4,6-7H2,(H,18,20)(H,21,25)(H,22,24)(H,23,26)(H,27,28). The van der Waals surface area contributed by atoms with Gasteiger partial charge in [0.1, 0.15) is 18.1 Å². The monoisotopic (exact) mass is 458 g/mol. The lowest BCUT2D eigenvalue weighted by molar-refractivity contribution is -0.142. The molecule has 0 aromatic carbocycles. The van der Waals surface area contributed by atoms with E-state index in [9.17, 15) is 24.3 Å². The quantitative estimate of drug-likeness (QED) is 0.179. The molecule has 2 heterocycles. The first-order valence-corrected chi connectivity index (χ1v) is 10.7. The van der Waals surface area contributed by atoms with Gasteiger partial charge in [0.2, 0.25) is 17.7 Å². The molecule has 1 fully saturated rings. The predicted molar refractivity (Wildman–Crippen MR) is 114 cm³/mol. The molecule has 1 aliphatic heterocycles. The number of rotatable bonds is 11. The maximum atomic E-state index is 12.5. The van der Waals surface area contributed by atoms with Gasteiger partial charge >= 0.3 is 5.97 Å². The van der Waals surface area contributed by atoms with Gasteiger partial charge in [-0.05, 0) is 19.4 Å². The summed E-state index contributed by atoms with van der Waals surface area (Å²) in [4.78, 5) is 55.3. The lowest BCUT2D eigenvalue weighted by atomic mass is 10.1. The van der Waals surface area contributed by atoms with Crippen LogP contribution in [0.2, 0.25) is 0 Å². The van der Waals surface area contributed by atoms with Crippen molar-refractivity contribution in [3.8, 4) is 0 Å². The van der Waals surface area contributed by atoms with Crippen LogP contribution in [0, 0.1) is 0 Å². The number of imidazole rings is 1. The number of aliphatic carboxylic acids is 1. The fourth-order valence-electron chi connectivity index (χ4n) is 2.93. The number of thiol groups is 2. The van der Waals surface area contributed by atoms with E-state index in [4.69, 9.17) is 0 Å². The van der Waals surface area contributed by atoms with Crippen molar-refractivity contribution in [3.63, 3.8) is 0 Å². The Morgan fingerprint density at radius 1 is 1.10 bits per heavy atom. The Hall–Kier alpha value is -2.25. The van der Waals surface area contributed by atoms with Crippen LogP contribution in [0.3, 0.4) is 0 Å². The molecule has 11 nitrogen and oxygen atoms in total. The Morgan fingerprint density at radius 3 is 2.23 bits per heavy atom. The highest BCUT2D eigenvalue weighted by atomic mass is 32.1. The number of carboxylic acid groups (broad SMARTS) is 1. The fourth-order valence-corrected chi connectivity index (χ4v) is 3.44. The molecule has 0 radical (unpaired) electrons. The van der Waals surface area contributed by atoms with E-state index in [1.165, 1.54) is 12.5 Å². The third kappa shape index (κ3) is 6.92. The molecule has 0 bridgehead atoms. The Labute approximate surface area is 184 Å². The molecule has 1 saturated heterocycles. The van der Waals surface area contributed by atoms with Crippen LogP contribution in [-0.2, 0) is 25.6 Å². The van der Waals surface area contributed by atoms with Gasteiger partial charge in [0.05, 0.1) is 12.4 Å². The third-order valence-electron chi connectivity index (χ3n) is 4.60. The first-order chi connectivity index (χ1) is 14.3. The number of nitrogens with one attached hydrogen (secondary N) is 5.